The van der Waals surface area contributed by atoms with Gasteiger partial charge in [-0.25, -0.2) is 4.79 Å². The number of hydrogen-bond acceptors (Lipinski definition) is 4. The lowest BCUT2D eigenvalue weighted by molar-refractivity contribution is -0.117. The van der Waals surface area contributed by atoms with Crippen LogP contribution >= 0.6 is 0 Å². The molecule has 2 N–H and O–H groups in total. The summed E-state index contributed by atoms with van der Waals surface area (Å²) in [5.74, 6) is -0.0117. The number of nitrogens with zero attached hydrogens (tertiary/aromatic N) is 1. The van der Waals surface area contributed by atoms with Crippen molar-refractivity contribution in [2.75, 3.05) is 25.0 Å². The minimum atomic E-state index is -0.487. The monoisotopic (exact) mass is 347 g/mol. The predicted octanol–water partition coefficient (Wildman–Crippen LogP) is 2.92. The second-order valence-corrected chi connectivity index (χ2v) is 7.61. The van der Waals surface area contributed by atoms with Crippen LogP contribution < -0.4 is 10.6 Å². The third-order valence-electron chi connectivity index (χ3n) is 4.01. The molecule has 1 fully saturated rings. The molecule has 0 aliphatic carbocycles. The standard InChI is InChI=1S/C19H29N3O3/c1-14-5-7-15(8-6-14)20-17(23)13-22-11-9-16(10-12-22)21-18(24)25-19(2,3)4/h5-8,16H,9-13H2,1-4H3,(H,20,23)(H,21,24). The third kappa shape index (κ3) is 7.13. The number of carbonyl (C=O) groups is 2. The fourth-order valence-corrected chi connectivity index (χ4v) is 2.75. The maximum atomic E-state index is 12.1. The van der Waals surface area contributed by atoms with Crippen LogP contribution in [0.2, 0.25) is 0 Å². The quantitative estimate of drug-likeness (QED) is 0.878. The molecule has 6 nitrogen and oxygen atoms in total. The molecule has 1 saturated heterocycles. The summed E-state index contributed by atoms with van der Waals surface area (Å²) in [7, 11) is 0. The zero-order valence-electron chi connectivity index (χ0n) is 15.6. The molecule has 0 bridgehead atoms. The molecule has 0 aromatic heterocycles. The first kappa shape index (κ1) is 19.2. The van der Waals surface area contributed by atoms with Gasteiger partial charge in [-0.2, -0.15) is 0 Å². The molecule has 0 atom stereocenters. The maximum absolute atomic E-state index is 12.1. The van der Waals surface area contributed by atoms with Crippen molar-refractivity contribution >= 4 is 17.7 Å². The van der Waals surface area contributed by atoms with Crippen molar-refractivity contribution < 1.29 is 14.3 Å². The zero-order chi connectivity index (χ0) is 18.4. The lowest BCUT2D eigenvalue weighted by atomic mass is 10.1. The predicted molar refractivity (Wildman–Crippen MR) is 98.6 cm³/mol. The van der Waals surface area contributed by atoms with E-state index < -0.39 is 5.60 Å². The topological polar surface area (TPSA) is 70.7 Å². The van der Waals surface area contributed by atoms with Crippen molar-refractivity contribution in [3.05, 3.63) is 29.8 Å². The first-order valence-corrected chi connectivity index (χ1v) is 8.80. The molecule has 0 spiro atoms. The largest absolute Gasteiger partial charge is 0.444 e. The number of anilines is 1. The van der Waals surface area contributed by atoms with Crippen molar-refractivity contribution in [2.45, 2.75) is 52.2 Å². The van der Waals surface area contributed by atoms with Crippen molar-refractivity contribution in [3.8, 4) is 0 Å². The average Bonchev–Trinajstić information content (AvgIpc) is 2.49. The van der Waals surface area contributed by atoms with E-state index in [1.807, 2.05) is 52.0 Å². The van der Waals surface area contributed by atoms with E-state index in [2.05, 4.69) is 15.5 Å². The molecule has 6 heteroatoms. The molecular weight excluding hydrogens is 318 g/mol. The molecule has 0 saturated carbocycles. The maximum Gasteiger partial charge on any atom is 0.407 e. The van der Waals surface area contributed by atoms with Gasteiger partial charge in [0.1, 0.15) is 5.60 Å². The number of alkyl carbamates (subject to hydrolysis) is 1. The fraction of sp³-hybridized carbons (Fsp3) is 0.579. The molecule has 0 radical (unpaired) electrons. The van der Waals surface area contributed by atoms with Gasteiger partial charge in [0.2, 0.25) is 5.91 Å². The highest BCUT2D eigenvalue weighted by Gasteiger charge is 2.24. The van der Waals surface area contributed by atoms with E-state index in [9.17, 15) is 9.59 Å². The average molecular weight is 347 g/mol. The Bertz CT molecular complexity index is 585. The highest BCUT2D eigenvalue weighted by molar-refractivity contribution is 5.92. The number of hydrogen-bond donors (Lipinski definition) is 2. The number of benzene rings is 1. The van der Waals surface area contributed by atoms with Crippen molar-refractivity contribution in [3.63, 3.8) is 0 Å². The molecule has 25 heavy (non-hydrogen) atoms. The van der Waals surface area contributed by atoms with E-state index in [0.29, 0.717) is 6.54 Å². The van der Waals surface area contributed by atoms with Gasteiger partial charge >= 0.3 is 6.09 Å². The number of rotatable bonds is 4. The Morgan fingerprint density at radius 2 is 1.76 bits per heavy atom. The summed E-state index contributed by atoms with van der Waals surface area (Å²) in [4.78, 5) is 26.0. The highest BCUT2D eigenvalue weighted by atomic mass is 16.6. The zero-order valence-corrected chi connectivity index (χ0v) is 15.6. The number of amides is 2. The van der Waals surface area contributed by atoms with Gasteiger partial charge in [-0.3, -0.25) is 9.69 Å². The van der Waals surface area contributed by atoms with E-state index >= 15 is 0 Å². The van der Waals surface area contributed by atoms with Crippen LogP contribution in [0.25, 0.3) is 0 Å². The first-order valence-electron chi connectivity index (χ1n) is 8.80. The van der Waals surface area contributed by atoms with Gasteiger partial charge in [0.05, 0.1) is 6.54 Å². The Kier molecular flexibility index (Phi) is 6.42. The SMILES string of the molecule is Cc1ccc(NC(=O)CN2CCC(NC(=O)OC(C)(C)C)CC2)cc1. The Hall–Kier alpha value is -2.08. The van der Waals surface area contributed by atoms with Crippen molar-refractivity contribution in [1.29, 1.82) is 0 Å². The minimum absolute atomic E-state index is 0.0117. The number of likely N-dealkylation sites (tertiary alicyclic amines) is 1. The second-order valence-electron chi connectivity index (χ2n) is 7.61. The summed E-state index contributed by atoms with van der Waals surface area (Å²) < 4.78 is 5.28. The summed E-state index contributed by atoms with van der Waals surface area (Å²) in [6.45, 7) is 9.49. The number of piperidine rings is 1. The Balaban J connectivity index is 1.70. The van der Waals surface area contributed by atoms with E-state index in [4.69, 9.17) is 4.74 Å². The molecule has 1 heterocycles. The summed E-state index contributed by atoms with van der Waals surface area (Å²) in [5.41, 5.74) is 1.49. The van der Waals surface area contributed by atoms with Gasteiger partial charge in [-0.05, 0) is 52.7 Å². The van der Waals surface area contributed by atoms with Crippen LogP contribution in [0.5, 0.6) is 0 Å². The Labute approximate surface area is 149 Å². The fourth-order valence-electron chi connectivity index (χ4n) is 2.75. The molecule has 2 amide bonds. The van der Waals surface area contributed by atoms with E-state index in [1.54, 1.807) is 0 Å². The number of carbonyl (C=O) groups excluding carboxylic acids is 2. The van der Waals surface area contributed by atoms with Gasteiger partial charge in [0.25, 0.3) is 0 Å². The molecule has 1 aliphatic rings. The van der Waals surface area contributed by atoms with Crippen LogP contribution in [0.1, 0.15) is 39.2 Å². The molecule has 138 valence electrons. The number of nitrogens with one attached hydrogen (secondary N) is 2. The van der Waals surface area contributed by atoms with Crippen LogP contribution in [0.3, 0.4) is 0 Å². The first-order chi connectivity index (χ1) is 11.7. The Morgan fingerprint density at radius 3 is 2.32 bits per heavy atom. The van der Waals surface area contributed by atoms with Crippen molar-refractivity contribution in [2.24, 2.45) is 0 Å². The van der Waals surface area contributed by atoms with Gasteiger partial charge < -0.3 is 15.4 Å². The smallest absolute Gasteiger partial charge is 0.407 e. The van der Waals surface area contributed by atoms with Gasteiger partial charge in [0.15, 0.2) is 0 Å². The van der Waals surface area contributed by atoms with Crippen molar-refractivity contribution in [1.82, 2.24) is 10.2 Å². The highest BCUT2D eigenvalue weighted by Crippen LogP contribution is 2.13. The molecular formula is C19H29N3O3. The third-order valence-corrected chi connectivity index (χ3v) is 4.01. The van der Waals surface area contributed by atoms with Crippen LogP contribution in [0.4, 0.5) is 10.5 Å². The summed E-state index contributed by atoms with van der Waals surface area (Å²) in [6.07, 6.45) is 1.26. The second kappa shape index (κ2) is 8.34. The number of ether oxygens (including phenoxy) is 1. The van der Waals surface area contributed by atoms with Gasteiger partial charge in [-0.15, -0.1) is 0 Å². The summed E-state index contributed by atoms with van der Waals surface area (Å²) >= 11 is 0. The lowest BCUT2D eigenvalue weighted by Crippen LogP contribution is -2.47. The molecule has 1 aromatic carbocycles. The summed E-state index contributed by atoms with van der Waals surface area (Å²) in [5, 5.41) is 5.82. The molecule has 1 aliphatic heterocycles. The molecule has 1 aromatic rings. The van der Waals surface area contributed by atoms with Crippen LogP contribution in [-0.2, 0) is 9.53 Å². The summed E-state index contributed by atoms with van der Waals surface area (Å²) in [6, 6.07) is 7.87. The van der Waals surface area contributed by atoms with E-state index in [1.165, 1.54) is 0 Å². The van der Waals surface area contributed by atoms with Crippen LogP contribution in [0, 0.1) is 6.92 Å². The van der Waals surface area contributed by atoms with E-state index in [0.717, 1.165) is 37.2 Å². The van der Waals surface area contributed by atoms with E-state index in [-0.39, 0.29) is 18.0 Å². The van der Waals surface area contributed by atoms with Gasteiger partial charge in [-0.1, -0.05) is 17.7 Å². The molecule has 2 rings (SSSR count). The van der Waals surface area contributed by atoms with Crippen LogP contribution in [0.15, 0.2) is 24.3 Å². The van der Waals surface area contributed by atoms with Crippen LogP contribution in [-0.4, -0.2) is 48.2 Å². The normalized spacial score (nSPS) is 16.3. The minimum Gasteiger partial charge on any atom is -0.444 e. The Morgan fingerprint density at radius 1 is 1.16 bits per heavy atom. The van der Waals surface area contributed by atoms with Gasteiger partial charge in [0, 0.05) is 24.8 Å². The number of aryl methyl sites for hydroxylation is 1. The lowest BCUT2D eigenvalue weighted by Gasteiger charge is -2.32. The molecule has 0 unspecified atom stereocenters.